The second-order valence-electron chi connectivity index (χ2n) is 33.0. The summed E-state index contributed by atoms with van der Waals surface area (Å²) >= 11 is 0. The second kappa shape index (κ2) is 43.7. The molecule has 0 unspecified atom stereocenters. The van der Waals surface area contributed by atoms with Crippen LogP contribution in [0.4, 0.5) is 17.6 Å². The highest BCUT2D eigenvalue weighted by Gasteiger charge is 2.36. The summed E-state index contributed by atoms with van der Waals surface area (Å²) in [5, 5.41) is 31.8. The van der Waals surface area contributed by atoms with Gasteiger partial charge in [0.25, 0.3) is 40.0 Å². The maximum Gasteiger partial charge on any atom is 0.272 e. The molecule has 8 aromatic carbocycles. The minimum absolute atomic E-state index is 0.0122. The van der Waals surface area contributed by atoms with E-state index in [1.54, 1.807) is 131 Å². The van der Waals surface area contributed by atoms with Gasteiger partial charge in [-0.25, -0.2) is 38.0 Å². The van der Waals surface area contributed by atoms with Gasteiger partial charge in [0.2, 0.25) is 5.91 Å². The van der Waals surface area contributed by atoms with Gasteiger partial charge in [-0.05, 0) is 145 Å². The summed E-state index contributed by atoms with van der Waals surface area (Å²) in [7, 11) is 0. The highest BCUT2D eigenvalue weighted by Crippen LogP contribution is 2.32. The number of morpholine rings is 1. The molecule has 4 amide bonds. The fourth-order valence-electron chi connectivity index (χ4n) is 13.8. The first kappa shape index (κ1) is 91.8. The Labute approximate surface area is 706 Å². The van der Waals surface area contributed by atoms with Crippen molar-refractivity contribution in [2.45, 2.75) is 134 Å². The van der Waals surface area contributed by atoms with Gasteiger partial charge in [-0.1, -0.05) is 173 Å². The zero-order chi connectivity index (χ0) is 87.8. The van der Waals surface area contributed by atoms with E-state index >= 15 is 0 Å². The molecular weight excluding hydrogens is 1560 g/mol. The summed E-state index contributed by atoms with van der Waals surface area (Å²) < 4.78 is 62.3. The number of Topliss-reactive ketones (excluding diaryl/α,β-unsaturated/α-hetero) is 1. The van der Waals surface area contributed by atoms with Gasteiger partial charge >= 0.3 is 0 Å². The van der Waals surface area contributed by atoms with Crippen molar-refractivity contribution in [1.82, 2.24) is 60.4 Å². The number of piperidine rings is 1. The van der Waals surface area contributed by atoms with Crippen molar-refractivity contribution in [1.29, 1.82) is 0 Å². The number of benzene rings is 8. The zero-order valence-corrected chi connectivity index (χ0v) is 71.2. The van der Waals surface area contributed by atoms with Gasteiger partial charge in [0.15, 0.2) is 5.78 Å². The van der Waals surface area contributed by atoms with Crippen LogP contribution >= 0.6 is 0 Å². The number of amides is 4. The number of nitrogens with zero attached hydrogens (tertiary/aromatic N) is 8. The molecule has 4 aliphatic rings. The van der Waals surface area contributed by atoms with Gasteiger partial charge in [-0.15, -0.1) is 0 Å². The minimum Gasteiger partial charge on any atom is -0.378 e. The molecule has 0 bridgehead atoms. The lowest BCUT2D eigenvalue weighted by atomic mass is 9.96. The van der Waals surface area contributed by atoms with E-state index in [4.69, 9.17) is 4.74 Å². The molecule has 22 nitrogen and oxygen atoms in total. The molecule has 16 rings (SSSR count). The van der Waals surface area contributed by atoms with Crippen LogP contribution in [0.3, 0.4) is 0 Å². The third kappa shape index (κ3) is 25.1. The molecular formula is C96H108F4N12O10. The predicted octanol–water partition coefficient (Wildman–Crippen LogP) is 16.2. The third-order valence-electron chi connectivity index (χ3n) is 19.9. The van der Waals surface area contributed by atoms with E-state index < -0.39 is 23.3 Å². The fraction of sp³-hybridized carbons (Fsp3) is 0.365. The van der Waals surface area contributed by atoms with Crippen molar-refractivity contribution >= 4 is 72.5 Å². The van der Waals surface area contributed by atoms with Crippen molar-refractivity contribution in [2.24, 2.45) is 29.6 Å². The maximum absolute atomic E-state index is 14.6. The van der Waals surface area contributed by atoms with E-state index in [2.05, 4.69) is 103 Å². The minimum atomic E-state index is -0.575. The Kier molecular flexibility index (Phi) is 32.9. The average Bonchev–Trinajstić information content (AvgIpc) is 1.19. The summed E-state index contributed by atoms with van der Waals surface area (Å²) in [6, 6.07) is 46.9. The summed E-state index contributed by atoms with van der Waals surface area (Å²) in [6.45, 7) is 27.9. The molecule has 1 saturated carbocycles. The van der Waals surface area contributed by atoms with Crippen LogP contribution in [-0.4, -0.2) is 155 Å². The Balaban J connectivity index is 0.000000164. The Hall–Kier alpha value is -12.5. The lowest BCUT2D eigenvalue weighted by molar-refractivity contribution is -0.134. The lowest BCUT2D eigenvalue weighted by Gasteiger charge is -2.35. The molecule has 3 aliphatic heterocycles. The summed E-state index contributed by atoms with van der Waals surface area (Å²) in [4.78, 5) is 117. The summed E-state index contributed by atoms with van der Waals surface area (Å²) in [6.07, 6.45) is 6.46. The van der Waals surface area contributed by atoms with Crippen LogP contribution < -0.4 is 22.2 Å². The van der Waals surface area contributed by atoms with Gasteiger partial charge in [0, 0.05) is 111 Å². The SMILES string of the molecule is CC(C)C.CC(C)C.CC(C)C.CC(C)C(=O)c1cc(Cc2n[nH]c(=O)c3ccccc23)ccc1F.O=C(c1cc(Cc2n[nH]c(=O)c3ccccc23)ccc1F)N1CCCCC1.O=C(c1cc(Cc2n[nH]c(=O)c3ccccc23)ccc1F)N1CCN(C(=O)C2CC2)CC1.O=C(c1cc(Cc2n[nH]c(=O)c3ccccc23)ccc1F)N1CCOCC1. The van der Waals surface area contributed by atoms with Crippen molar-refractivity contribution in [2.75, 3.05) is 65.6 Å². The number of hydrogen-bond acceptors (Lipinski definition) is 14. The molecule has 0 radical (unpaired) electrons. The smallest absolute Gasteiger partial charge is 0.272 e. The normalized spacial score (nSPS) is 13.8. The predicted molar refractivity (Wildman–Crippen MR) is 469 cm³/mol. The second-order valence-corrected chi connectivity index (χ2v) is 33.0. The largest absolute Gasteiger partial charge is 0.378 e. The van der Waals surface area contributed by atoms with Crippen molar-refractivity contribution in [3.05, 3.63) is 302 Å². The number of H-pyrrole nitrogens is 4. The molecule has 1 aliphatic carbocycles. The van der Waals surface area contributed by atoms with Crippen LogP contribution in [0.1, 0.15) is 195 Å². The monoisotopic (exact) mass is 1660 g/mol. The molecule has 640 valence electrons. The molecule has 122 heavy (non-hydrogen) atoms. The quantitative estimate of drug-likeness (QED) is 0.0582. The molecule has 4 fully saturated rings. The highest BCUT2D eigenvalue weighted by atomic mass is 19.1. The molecule has 0 spiro atoms. The molecule has 12 aromatic rings. The Morgan fingerprint density at radius 1 is 0.344 bits per heavy atom. The van der Waals surface area contributed by atoms with Crippen molar-refractivity contribution in [3.63, 3.8) is 0 Å². The standard InChI is InChI=1S/C24H23FN4O3.C21H20FN3O2.C20H18FN3O3.C19H17FN2O2.3C4H10/c25-20-8-5-15(14-21-17-3-1-2-4-18(17)22(30)27-26-21)13-19(20)24(32)29-11-9-28(10-12-29)23(31)16-6-7-16;22-18-9-8-14(12-17(18)21(27)25-10-4-1-5-11-25)13-19-15-6-2-3-7-16(15)20(26)24-23-19;21-17-6-5-13(11-16(17)20(26)24-7-9-27-10-8-24)12-18-14-3-1-2-4-15(14)19(25)23-22-18;1-11(2)18(23)15-9-12(7-8-16(15)20)10-17-13-5-3-4-6-14(13)19(24)22-21-17;3*1-4(2)3/h1-5,8,13,16H,6-7,9-12,14H2,(H,27,30);2-3,6-9,12H,1,4-5,10-11,13H2,(H,24,26);1-6,11H,7-10,12H2,(H,23,25);3-9,11H,10H2,1-2H3,(H,22,24);3*4H,1-3H3. The number of rotatable bonds is 14. The number of fused-ring (bicyclic) bond motifs is 4. The van der Waals surface area contributed by atoms with Crippen molar-refractivity contribution < 1.29 is 46.3 Å². The van der Waals surface area contributed by atoms with Crippen LogP contribution in [0.2, 0.25) is 0 Å². The van der Waals surface area contributed by atoms with E-state index in [-0.39, 0.29) is 85.7 Å². The number of ketones is 1. The highest BCUT2D eigenvalue weighted by molar-refractivity contribution is 5.99. The first-order valence-electron chi connectivity index (χ1n) is 41.7. The number of carbonyl (C=O) groups excluding carboxylic acids is 5. The topological polar surface area (TPSA) is 291 Å². The van der Waals surface area contributed by atoms with Gasteiger partial charge in [-0.2, -0.15) is 20.4 Å². The molecule has 26 heteroatoms. The molecule has 0 atom stereocenters. The zero-order valence-electron chi connectivity index (χ0n) is 71.2. The third-order valence-corrected chi connectivity index (χ3v) is 19.9. The summed E-state index contributed by atoms with van der Waals surface area (Å²) in [5.41, 5.74) is 4.95. The number of halogens is 4. The fourth-order valence-corrected chi connectivity index (χ4v) is 13.8. The Bertz CT molecular complexity index is 5730. The first-order valence-corrected chi connectivity index (χ1v) is 41.7. The summed E-state index contributed by atoms with van der Waals surface area (Å²) in [5.74, 6) is -0.785. The average molecular weight is 1670 g/mol. The number of piperazine rings is 1. The van der Waals surface area contributed by atoms with Gasteiger partial charge < -0.3 is 24.3 Å². The Morgan fingerprint density at radius 3 is 0.885 bits per heavy atom. The number of carbonyl (C=O) groups is 5. The van der Waals surface area contributed by atoms with E-state index in [1.165, 1.54) is 24.3 Å². The van der Waals surface area contributed by atoms with Gasteiger partial charge in [-0.3, -0.25) is 43.2 Å². The number of hydrogen-bond donors (Lipinski definition) is 4. The van der Waals surface area contributed by atoms with Gasteiger partial charge in [0.05, 0.1) is 79.8 Å². The number of likely N-dealkylation sites (tertiary alicyclic amines) is 1. The Morgan fingerprint density at radius 2 is 0.598 bits per heavy atom. The van der Waals surface area contributed by atoms with E-state index in [1.807, 2.05) is 48.5 Å². The van der Waals surface area contributed by atoms with Crippen molar-refractivity contribution in [3.8, 4) is 0 Å². The number of aromatic amines is 4. The van der Waals surface area contributed by atoms with E-state index in [0.717, 1.165) is 93.7 Å². The van der Waals surface area contributed by atoms with Crippen LogP contribution in [0.25, 0.3) is 43.1 Å². The number of nitrogens with one attached hydrogen (secondary N) is 4. The van der Waals surface area contributed by atoms with Crippen LogP contribution in [0.15, 0.2) is 189 Å². The van der Waals surface area contributed by atoms with Crippen LogP contribution in [-0.2, 0) is 35.2 Å². The van der Waals surface area contributed by atoms with Crippen LogP contribution in [0.5, 0.6) is 0 Å². The van der Waals surface area contributed by atoms with E-state index in [0.29, 0.717) is 136 Å². The van der Waals surface area contributed by atoms with Crippen LogP contribution in [0, 0.1) is 52.9 Å². The first-order chi connectivity index (χ1) is 58.4. The lowest BCUT2D eigenvalue weighted by Crippen LogP contribution is -2.51. The van der Waals surface area contributed by atoms with Gasteiger partial charge in [0.1, 0.15) is 23.3 Å². The van der Waals surface area contributed by atoms with E-state index in [9.17, 15) is 60.7 Å². The molecule has 7 heterocycles. The molecule has 3 saturated heterocycles. The maximum atomic E-state index is 14.6. The number of aromatic nitrogens is 8. The molecule has 4 N–H and O–H groups in total. The molecule has 4 aromatic heterocycles. The number of ether oxygens (including phenoxy) is 1.